The van der Waals surface area contributed by atoms with Crippen LogP contribution in [0.25, 0.3) is 0 Å². The van der Waals surface area contributed by atoms with E-state index in [0.29, 0.717) is 24.3 Å². The number of benzene rings is 2. The van der Waals surface area contributed by atoms with Gasteiger partial charge < -0.3 is 19.7 Å². The number of esters is 2. The second-order valence-corrected chi connectivity index (χ2v) is 14.1. The van der Waals surface area contributed by atoms with Crippen LogP contribution in [0.15, 0.2) is 48.5 Å². The lowest BCUT2D eigenvalue weighted by Gasteiger charge is -2.05. The van der Waals surface area contributed by atoms with Gasteiger partial charge in [0.15, 0.2) is 0 Å². The van der Waals surface area contributed by atoms with E-state index in [9.17, 15) is 19.8 Å². The molecule has 0 heterocycles. The van der Waals surface area contributed by atoms with Crippen LogP contribution >= 0.6 is 21.6 Å². The van der Waals surface area contributed by atoms with E-state index in [4.69, 9.17) is 9.47 Å². The normalized spacial score (nSPS) is 11.0. The Balaban J connectivity index is 1.21. The molecule has 0 aromatic heterocycles. The lowest BCUT2D eigenvalue weighted by atomic mass is 10.1. The molecule has 2 N–H and O–H groups in total. The van der Waals surface area contributed by atoms with Crippen molar-refractivity contribution in [3.63, 3.8) is 0 Å². The van der Waals surface area contributed by atoms with Crippen LogP contribution in [-0.2, 0) is 9.59 Å². The van der Waals surface area contributed by atoms with E-state index in [-0.39, 0.29) is 23.4 Å². The summed E-state index contributed by atoms with van der Waals surface area (Å²) in [6.07, 6.45) is 22.8. The molecule has 246 valence electrons. The van der Waals surface area contributed by atoms with E-state index >= 15 is 0 Å². The number of unbranched alkanes of at least 4 members (excludes halogenated alkanes) is 16. The van der Waals surface area contributed by atoms with Gasteiger partial charge in [0.05, 0.1) is 0 Å². The van der Waals surface area contributed by atoms with Gasteiger partial charge in [-0.2, -0.15) is 0 Å². The minimum Gasteiger partial charge on any atom is -0.508 e. The molecule has 0 saturated carbocycles. The summed E-state index contributed by atoms with van der Waals surface area (Å²) in [5, 5.41) is 18.5. The zero-order chi connectivity index (χ0) is 31.5. The van der Waals surface area contributed by atoms with Gasteiger partial charge in [0.25, 0.3) is 0 Å². The molecule has 0 aliphatic rings. The average Bonchev–Trinajstić information content (AvgIpc) is 3.01. The third-order valence-corrected chi connectivity index (χ3v) is 10.0. The number of hydrogen-bond donors (Lipinski definition) is 2. The van der Waals surface area contributed by atoms with E-state index in [1.54, 1.807) is 24.3 Å². The van der Waals surface area contributed by atoms with Crippen molar-refractivity contribution >= 4 is 33.5 Å². The molecule has 0 bridgehead atoms. The van der Waals surface area contributed by atoms with Gasteiger partial charge in [-0.3, -0.25) is 9.59 Å². The maximum Gasteiger partial charge on any atom is 0.311 e. The van der Waals surface area contributed by atoms with Crippen LogP contribution in [0.3, 0.4) is 0 Å². The van der Waals surface area contributed by atoms with E-state index in [1.807, 2.05) is 21.6 Å². The molecule has 0 radical (unpaired) electrons. The fourth-order valence-corrected chi connectivity index (χ4v) is 7.14. The highest BCUT2D eigenvalue weighted by Gasteiger charge is 2.06. The second-order valence-electron chi connectivity index (χ2n) is 11.4. The summed E-state index contributed by atoms with van der Waals surface area (Å²) < 4.78 is 10.5. The van der Waals surface area contributed by atoms with Crippen molar-refractivity contribution in [2.75, 3.05) is 11.5 Å². The fourth-order valence-electron chi connectivity index (χ4n) is 4.85. The Morgan fingerprint density at radius 1 is 0.432 bits per heavy atom. The zero-order valence-corrected chi connectivity index (χ0v) is 28.2. The summed E-state index contributed by atoms with van der Waals surface area (Å²) in [6, 6.07) is 12.5. The molecule has 0 spiro atoms. The molecule has 0 unspecified atom stereocenters. The lowest BCUT2D eigenvalue weighted by molar-refractivity contribution is -0.135. The molecule has 0 saturated heterocycles. The Bertz CT molecular complexity index is 915. The standard InChI is InChI=1S/C36H54O6S2/c37-31-21-25-33(26-22-31)41-35(39)19-15-11-7-3-1-5-9-13-17-29-43-44-30-18-14-10-6-2-4-8-12-16-20-36(40)42-34-27-23-32(38)24-28-34/h21-28,37-38H,1-20,29-30H2. The number of hydrogen-bond acceptors (Lipinski definition) is 8. The topological polar surface area (TPSA) is 93.1 Å². The molecule has 0 fully saturated rings. The van der Waals surface area contributed by atoms with Crippen molar-refractivity contribution in [3.8, 4) is 23.0 Å². The SMILES string of the molecule is O=C(CCCCCCCCCCCSSCCCCCCCCCCCC(=O)Oc1ccc(O)cc1)Oc1ccc(O)cc1. The van der Waals surface area contributed by atoms with Crippen LogP contribution < -0.4 is 9.47 Å². The molecular weight excluding hydrogens is 593 g/mol. The van der Waals surface area contributed by atoms with E-state index in [0.717, 1.165) is 25.7 Å². The molecule has 0 aliphatic heterocycles. The summed E-state index contributed by atoms with van der Waals surface area (Å²) in [5.41, 5.74) is 0. The average molecular weight is 647 g/mol. The molecule has 0 aliphatic carbocycles. The highest BCUT2D eigenvalue weighted by Crippen LogP contribution is 2.25. The maximum absolute atomic E-state index is 11.9. The Morgan fingerprint density at radius 3 is 1.02 bits per heavy atom. The van der Waals surface area contributed by atoms with Crippen LogP contribution in [0, 0.1) is 0 Å². The van der Waals surface area contributed by atoms with Gasteiger partial charge in [-0.25, -0.2) is 0 Å². The molecule has 0 atom stereocenters. The quantitative estimate of drug-likeness (QED) is 0.0429. The largest absolute Gasteiger partial charge is 0.508 e. The number of carbonyl (C=O) groups is 2. The zero-order valence-electron chi connectivity index (χ0n) is 26.5. The fraction of sp³-hybridized carbons (Fsp3) is 0.611. The summed E-state index contributed by atoms with van der Waals surface area (Å²) in [6.45, 7) is 0. The van der Waals surface area contributed by atoms with Gasteiger partial charge in [-0.15, -0.1) is 0 Å². The van der Waals surface area contributed by atoms with Crippen molar-refractivity contribution in [2.24, 2.45) is 0 Å². The van der Waals surface area contributed by atoms with E-state index in [1.165, 1.54) is 126 Å². The number of phenolic OH excluding ortho intramolecular Hbond substituents is 2. The van der Waals surface area contributed by atoms with Crippen molar-refractivity contribution in [3.05, 3.63) is 48.5 Å². The number of aromatic hydroxyl groups is 2. The third kappa shape index (κ3) is 21.4. The minimum atomic E-state index is -0.200. The first-order valence-electron chi connectivity index (χ1n) is 16.8. The van der Waals surface area contributed by atoms with Gasteiger partial charge in [0.2, 0.25) is 0 Å². The van der Waals surface area contributed by atoms with Gasteiger partial charge in [0, 0.05) is 24.3 Å². The summed E-state index contributed by atoms with van der Waals surface area (Å²) in [4.78, 5) is 23.7. The number of phenols is 2. The van der Waals surface area contributed by atoms with Gasteiger partial charge in [-0.1, -0.05) is 111 Å². The molecule has 44 heavy (non-hydrogen) atoms. The van der Waals surface area contributed by atoms with Crippen molar-refractivity contribution < 1.29 is 29.3 Å². The maximum atomic E-state index is 11.9. The second kappa shape index (κ2) is 26.0. The van der Waals surface area contributed by atoms with Crippen LogP contribution in [0.5, 0.6) is 23.0 Å². The molecule has 2 rings (SSSR count). The van der Waals surface area contributed by atoms with Gasteiger partial charge in [0.1, 0.15) is 23.0 Å². The predicted molar refractivity (Wildman–Crippen MR) is 185 cm³/mol. The Kier molecular flexibility index (Phi) is 22.3. The molecule has 6 nitrogen and oxygen atoms in total. The third-order valence-electron chi connectivity index (χ3n) is 7.44. The predicted octanol–water partition coefficient (Wildman–Crippen LogP) is 10.8. The monoisotopic (exact) mass is 646 g/mol. The van der Waals surface area contributed by atoms with E-state index in [2.05, 4.69) is 0 Å². The number of carbonyl (C=O) groups excluding carboxylic acids is 2. The summed E-state index contributed by atoms with van der Waals surface area (Å²) in [7, 11) is 4.08. The highest BCUT2D eigenvalue weighted by atomic mass is 33.1. The number of ether oxygens (including phenoxy) is 2. The van der Waals surface area contributed by atoms with Crippen molar-refractivity contribution in [2.45, 2.75) is 128 Å². The Morgan fingerprint density at radius 2 is 0.705 bits per heavy atom. The molecule has 2 aromatic carbocycles. The molecule has 8 heteroatoms. The smallest absolute Gasteiger partial charge is 0.311 e. The molecular formula is C36H54O6S2. The van der Waals surface area contributed by atoms with Gasteiger partial charge in [-0.05, 0) is 74.2 Å². The number of rotatable bonds is 27. The molecule has 2 aromatic rings. The Hall–Kier alpha value is -2.32. The highest BCUT2D eigenvalue weighted by molar-refractivity contribution is 8.76. The van der Waals surface area contributed by atoms with E-state index < -0.39 is 0 Å². The first-order valence-corrected chi connectivity index (χ1v) is 19.3. The van der Waals surface area contributed by atoms with Crippen molar-refractivity contribution in [1.29, 1.82) is 0 Å². The van der Waals surface area contributed by atoms with Crippen LogP contribution in [0.2, 0.25) is 0 Å². The summed E-state index contributed by atoms with van der Waals surface area (Å²) >= 11 is 0. The molecule has 0 amide bonds. The minimum absolute atomic E-state index is 0.167. The van der Waals surface area contributed by atoms with Crippen molar-refractivity contribution in [1.82, 2.24) is 0 Å². The summed E-state index contributed by atoms with van der Waals surface area (Å²) in [5.74, 6) is 3.43. The van der Waals surface area contributed by atoms with Gasteiger partial charge >= 0.3 is 11.9 Å². The lowest BCUT2D eigenvalue weighted by Crippen LogP contribution is -2.07. The van der Waals surface area contributed by atoms with Crippen LogP contribution in [0.4, 0.5) is 0 Å². The Labute approximate surface area is 273 Å². The van der Waals surface area contributed by atoms with Crippen LogP contribution in [-0.4, -0.2) is 33.7 Å². The van der Waals surface area contributed by atoms with Crippen LogP contribution in [0.1, 0.15) is 128 Å². The first kappa shape index (κ1) is 37.9. The first-order chi connectivity index (χ1) is 21.5.